The standard InChI is InChI=1S/C19H25N3O4/c1-19(2)15(16(19)18(25)26)17(24)21-13-7-5-12(6-8-13)20-14(23)11-22-9-3-4-10-22/h5-8,15-16H,3-4,9-11H2,1-2H3,(H,20,23)(H,21,24)(H,25,26)/t15-,16-/m1/s1. The summed E-state index contributed by atoms with van der Waals surface area (Å²) in [5, 5.41) is 14.8. The lowest BCUT2D eigenvalue weighted by Crippen LogP contribution is -2.30. The van der Waals surface area contributed by atoms with Gasteiger partial charge in [-0.3, -0.25) is 19.3 Å². The molecule has 1 aromatic carbocycles. The van der Waals surface area contributed by atoms with Crippen LogP contribution in [0.5, 0.6) is 0 Å². The molecule has 2 fully saturated rings. The Morgan fingerprint density at radius 1 is 1.04 bits per heavy atom. The fourth-order valence-electron chi connectivity index (χ4n) is 3.79. The molecule has 0 radical (unpaired) electrons. The average molecular weight is 359 g/mol. The van der Waals surface area contributed by atoms with Crippen molar-refractivity contribution in [2.45, 2.75) is 26.7 Å². The van der Waals surface area contributed by atoms with Gasteiger partial charge in [0.15, 0.2) is 0 Å². The molecule has 3 rings (SSSR count). The molecule has 1 saturated carbocycles. The molecule has 1 heterocycles. The van der Waals surface area contributed by atoms with Gasteiger partial charge in [0.2, 0.25) is 11.8 Å². The smallest absolute Gasteiger partial charge is 0.307 e. The van der Waals surface area contributed by atoms with Gasteiger partial charge in [-0.15, -0.1) is 0 Å². The van der Waals surface area contributed by atoms with Crippen LogP contribution in [-0.4, -0.2) is 47.4 Å². The molecule has 0 unspecified atom stereocenters. The molecule has 1 saturated heterocycles. The molecule has 0 spiro atoms. The molecule has 3 N–H and O–H groups in total. The van der Waals surface area contributed by atoms with E-state index in [1.165, 1.54) is 0 Å². The molecule has 7 nitrogen and oxygen atoms in total. The van der Waals surface area contributed by atoms with E-state index in [0.717, 1.165) is 25.9 Å². The number of carbonyl (C=O) groups is 3. The third-order valence-electron chi connectivity index (χ3n) is 5.38. The first-order valence-electron chi connectivity index (χ1n) is 8.95. The zero-order chi connectivity index (χ0) is 18.9. The van der Waals surface area contributed by atoms with E-state index < -0.39 is 23.2 Å². The van der Waals surface area contributed by atoms with Crippen molar-refractivity contribution in [2.24, 2.45) is 17.3 Å². The summed E-state index contributed by atoms with van der Waals surface area (Å²) >= 11 is 0. The number of hydrogen-bond acceptors (Lipinski definition) is 4. The summed E-state index contributed by atoms with van der Waals surface area (Å²) < 4.78 is 0. The van der Waals surface area contributed by atoms with Crippen molar-refractivity contribution in [3.05, 3.63) is 24.3 Å². The number of carboxylic acids is 1. The monoisotopic (exact) mass is 359 g/mol. The van der Waals surface area contributed by atoms with Gasteiger partial charge >= 0.3 is 5.97 Å². The summed E-state index contributed by atoms with van der Waals surface area (Å²) in [4.78, 5) is 37.7. The molecule has 2 atom stereocenters. The number of nitrogens with zero attached hydrogens (tertiary/aromatic N) is 1. The van der Waals surface area contributed by atoms with Crippen LogP contribution < -0.4 is 10.6 Å². The van der Waals surface area contributed by atoms with Gasteiger partial charge in [0.25, 0.3) is 0 Å². The Kier molecular flexibility index (Phi) is 5.00. The van der Waals surface area contributed by atoms with Gasteiger partial charge in [-0.25, -0.2) is 0 Å². The molecule has 2 aliphatic rings. The lowest BCUT2D eigenvalue weighted by molar-refractivity contribution is -0.140. The maximum Gasteiger partial charge on any atom is 0.307 e. The van der Waals surface area contributed by atoms with Gasteiger partial charge in [-0.05, 0) is 55.6 Å². The van der Waals surface area contributed by atoms with Crippen LogP contribution in [0, 0.1) is 17.3 Å². The fraction of sp³-hybridized carbons (Fsp3) is 0.526. The van der Waals surface area contributed by atoms with Crippen LogP contribution in [0.25, 0.3) is 0 Å². The highest BCUT2D eigenvalue weighted by Crippen LogP contribution is 2.58. The number of nitrogens with one attached hydrogen (secondary N) is 2. The number of amides is 2. The second-order valence-corrected chi connectivity index (χ2v) is 7.71. The highest BCUT2D eigenvalue weighted by molar-refractivity contribution is 6.00. The minimum Gasteiger partial charge on any atom is -0.481 e. The Hall–Kier alpha value is -2.41. The topological polar surface area (TPSA) is 98.7 Å². The molecule has 2 amide bonds. The van der Waals surface area contributed by atoms with Gasteiger partial charge in [-0.1, -0.05) is 13.8 Å². The van der Waals surface area contributed by atoms with Crippen molar-refractivity contribution in [3.63, 3.8) is 0 Å². The van der Waals surface area contributed by atoms with Crippen LogP contribution in [0.2, 0.25) is 0 Å². The van der Waals surface area contributed by atoms with Gasteiger partial charge in [0, 0.05) is 11.4 Å². The molecule has 7 heteroatoms. The van der Waals surface area contributed by atoms with Crippen molar-refractivity contribution in [3.8, 4) is 0 Å². The quantitative estimate of drug-likeness (QED) is 0.722. The Morgan fingerprint density at radius 3 is 2.08 bits per heavy atom. The first-order chi connectivity index (χ1) is 12.3. The number of carbonyl (C=O) groups excluding carboxylic acids is 2. The van der Waals surface area contributed by atoms with Gasteiger partial charge < -0.3 is 15.7 Å². The maximum absolute atomic E-state index is 12.3. The Labute approximate surface area is 152 Å². The third kappa shape index (κ3) is 3.88. The lowest BCUT2D eigenvalue weighted by atomic mass is 10.1. The van der Waals surface area contributed by atoms with Crippen molar-refractivity contribution in [1.82, 2.24) is 4.90 Å². The minimum absolute atomic E-state index is 0.0484. The van der Waals surface area contributed by atoms with E-state index in [9.17, 15) is 19.5 Å². The molecule has 0 aromatic heterocycles. The number of anilines is 2. The Balaban J connectivity index is 1.52. The first-order valence-corrected chi connectivity index (χ1v) is 8.95. The van der Waals surface area contributed by atoms with Crippen LogP contribution in [0.15, 0.2) is 24.3 Å². The number of benzene rings is 1. The number of likely N-dealkylation sites (tertiary alicyclic amines) is 1. The van der Waals surface area contributed by atoms with E-state index >= 15 is 0 Å². The van der Waals surface area contributed by atoms with Crippen molar-refractivity contribution in [1.29, 1.82) is 0 Å². The zero-order valence-corrected chi connectivity index (χ0v) is 15.1. The maximum atomic E-state index is 12.3. The molecular formula is C19H25N3O4. The van der Waals surface area contributed by atoms with Gasteiger partial charge in [0.1, 0.15) is 0 Å². The van der Waals surface area contributed by atoms with Crippen LogP contribution in [0.4, 0.5) is 11.4 Å². The molecule has 1 aliphatic heterocycles. The lowest BCUT2D eigenvalue weighted by Gasteiger charge is -2.14. The van der Waals surface area contributed by atoms with Crippen LogP contribution in [0.1, 0.15) is 26.7 Å². The predicted octanol–water partition coefficient (Wildman–Crippen LogP) is 2.02. The highest BCUT2D eigenvalue weighted by Gasteiger charge is 2.65. The SMILES string of the molecule is CC1(C)[C@@H](C(=O)O)[C@@H]1C(=O)Nc1ccc(NC(=O)CN2CCCC2)cc1. The second-order valence-electron chi connectivity index (χ2n) is 7.71. The van der Waals surface area contributed by atoms with Gasteiger partial charge in [-0.2, -0.15) is 0 Å². The van der Waals surface area contributed by atoms with Crippen LogP contribution in [-0.2, 0) is 14.4 Å². The summed E-state index contributed by atoms with van der Waals surface area (Å²) in [5.74, 6) is -2.45. The second kappa shape index (κ2) is 7.07. The number of rotatable bonds is 6. The van der Waals surface area contributed by atoms with E-state index in [0.29, 0.717) is 17.9 Å². The summed E-state index contributed by atoms with van der Waals surface area (Å²) in [6.45, 7) is 5.90. The minimum atomic E-state index is -0.939. The van der Waals surface area contributed by atoms with E-state index in [1.807, 2.05) is 0 Å². The Bertz CT molecular complexity index is 708. The van der Waals surface area contributed by atoms with Crippen LogP contribution >= 0.6 is 0 Å². The highest BCUT2D eigenvalue weighted by atomic mass is 16.4. The molecule has 26 heavy (non-hydrogen) atoms. The third-order valence-corrected chi connectivity index (χ3v) is 5.38. The Morgan fingerprint density at radius 2 is 1.58 bits per heavy atom. The summed E-state index contributed by atoms with van der Waals surface area (Å²) in [7, 11) is 0. The fourth-order valence-corrected chi connectivity index (χ4v) is 3.79. The molecule has 1 aromatic rings. The van der Waals surface area contributed by atoms with E-state index in [-0.39, 0.29) is 11.8 Å². The number of hydrogen-bond donors (Lipinski definition) is 3. The molecular weight excluding hydrogens is 334 g/mol. The van der Waals surface area contributed by atoms with E-state index in [4.69, 9.17) is 0 Å². The van der Waals surface area contributed by atoms with E-state index in [2.05, 4.69) is 15.5 Å². The molecule has 1 aliphatic carbocycles. The predicted molar refractivity (Wildman–Crippen MR) is 97.8 cm³/mol. The molecule has 0 bridgehead atoms. The number of carboxylic acid groups (broad SMARTS) is 1. The van der Waals surface area contributed by atoms with Crippen molar-refractivity contribution < 1.29 is 19.5 Å². The van der Waals surface area contributed by atoms with Gasteiger partial charge in [0.05, 0.1) is 18.4 Å². The average Bonchev–Trinajstić information content (AvgIpc) is 2.90. The first kappa shape index (κ1) is 18.4. The summed E-state index contributed by atoms with van der Waals surface area (Å²) in [6, 6.07) is 6.86. The van der Waals surface area contributed by atoms with E-state index in [1.54, 1.807) is 38.1 Å². The normalized spacial score (nSPS) is 24.1. The van der Waals surface area contributed by atoms with Crippen molar-refractivity contribution in [2.75, 3.05) is 30.3 Å². The van der Waals surface area contributed by atoms with Crippen molar-refractivity contribution >= 4 is 29.2 Å². The zero-order valence-electron chi connectivity index (χ0n) is 15.1. The van der Waals surface area contributed by atoms with Crippen LogP contribution in [0.3, 0.4) is 0 Å². The number of aliphatic carboxylic acids is 1. The molecule has 140 valence electrons. The summed E-state index contributed by atoms with van der Waals surface area (Å²) in [6.07, 6.45) is 2.28. The summed E-state index contributed by atoms with van der Waals surface area (Å²) in [5.41, 5.74) is 0.723. The largest absolute Gasteiger partial charge is 0.481 e.